The summed E-state index contributed by atoms with van der Waals surface area (Å²) in [4.78, 5) is 0. The average Bonchev–Trinajstić information content (AvgIpc) is 2.14. The van der Waals surface area contributed by atoms with E-state index in [1.54, 1.807) is 0 Å². The van der Waals surface area contributed by atoms with Crippen molar-refractivity contribution in [2.75, 3.05) is 0 Å². The largest absolute Gasteiger partial charge is 0.196 e. The van der Waals surface area contributed by atoms with E-state index >= 15 is 0 Å². The van der Waals surface area contributed by atoms with Gasteiger partial charge in [0.05, 0.1) is 6.20 Å². The summed E-state index contributed by atoms with van der Waals surface area (Å²) >= 11 is 0. The molecule has 66 valence electrons. The molecule has 2 nitrogen and oxygen atoms in total. The minimum absolute atomic E-state index is 1.06. The normalized spacial score (nSPS) is 10.1. The SMILES string of the molecule is CCCCCC[n+]1ccccn1. The highest BCUT2D eigenvalue weighted by atomic mass is 15.2. The molecule has 0 spiro atoms. The second kappa shape index (κ2) is 5.70. The van der Waals surface area contributed by atoms with Gasteiger partial charge in [-0.25, -0.2) is 0 Å². The highest BCUT2D eigenvalue weighted by Gasteiger charge is 1.97. The zero-order valence-corrected chi connectivity index (χ0v) is 7.74. The van der Waals surface area contributed by atoms with Crippen molar-refractivity contribution in [3.63, 3.8) is 0 Å². The first-order chi connectivity index (χ1) is 5.93. The number of hydrogen-bond donors (Lipinski definition) is 0. The van der Waals surface area contributed by atoms with Crippen LogP contribution in [0.2, 0.25) is 0 Å². The Kier molecular flexibility index (Phi) is 4.35. The predicted molar refractivity (Wildman–Crippen MR) is 48.6 cm³/mol. The Morgan fingerprint density at radius 2 is 2.08 bits per heavy atom. The van der Waals surface area contributed by atoms with Crippen LogP contribution < -0.4 is 4.68 Å². The van der Waals surface area contributed by atoms with Crippen LogP contribution in [-0.4, -0.2) is 5.10 Å². The fraction of sp³-hybridized carbons (Fsp3) is 0.600. The van der Waals surface area contributed by atoms with Gasteiger partial charge >= 0.3 is 0 Å². The number of nitrogens with zero attached hydrogens (tertiary/aromatic N) is 2. The summed E-state index contributed by atoms with van der Waals surface area (Å²) in [5.41, 5.74) is 0. The van der Waals surface area contributed by atoms with E-state index in [1.165, 1.54) is 25.7 Å². The standard InChI is InChI=1S/C10H17N2/c1-2-3-4-6-9-12-10-7-5-8-11-12/h5,7-8,10H,2-4,6,9H2,1H3/q+1. The number of aryl methyl sites for hydroxylation is 1. The van der Waals surface area contributed by atoms with Gasteiger partial charge in [0.25, 0.3) is 0 Å². The Hall–Kier alpha value is -0.920. The van der Waals surface area contributed by atoms with E-state index < -0.39 is 0 Å². The first-order valence-corrected chi connectivity index (χ1v) is 4.74. The van der Waals surface area contributed by atoms with Crippen LogP contribution in [0.15, 0.2) is 24.5 Å². The quantitative estimate of drug-likeness (QED) is 0.481. The zero-order chi connectivity index (χ0) is 8.65. The minimum Gasteiger partial charge on any atom is -0.0913 e. The maximum Gasteiger partial charge on any atom is 0.196 e. The Morgan fingerprint density at radius 1 is 1.17 bits per heavy atom. The Bertz CT molecular complexity index is 196. The fourth-order valence-corrected chi connectivity index (χ4v) is 1.19. The van der Waals surface area contributed by atoms with E-state index in [1.807, 2.05) is 29.2 Å². The van der Waals surface area contributed by atoms with Crippen molar-refractivity contribution in [1.29, 1.82) is 0 Å². The molecule has 0 bridgehead atoms. The smallest absolute Gasteiger partial charge is 0.0913 e. The van der Waals surface area contributed by atoms with Crippen LogP contribution in [-0.2, 0) is 6.54 Å². The van der Waals surface area contributed by atoms with Crippen molar-refractivity contribution in [3.05, 3.63) is 24.5 Å². The van der Waals surface area contributed by atoms with Gasteiger partial charge in [0.1, 0.15) is 0 Å². The van der Waals surface area contributed by atoms with Crippen molar-refractivity contribution in [3.8, 4) is 0 Å². The van der Waals surface area contributed by atoms with E-state index in [0.29, 0.717) is 0 Å². The molecule has 1 aromatic rings. The molecule has 2 heteroatoms. The average molecular weight is 165 g/mol. The third-order valence-corrected chi connectivity index (χ3v) is 1.91. The second-order valence-corrected chi connectivity index (χ2v) is 3.02. The molecule has 1 aromatic heterocycles. The summed E-state index contributed by atoms with van der Waals surface area (Å²) in [6, 6.07) is 3.97. The lowest BCUT2D eigenvalue weighted by molar-refractivity contribution is -0.754. The molecule has 0 atom stereocenters. The van der Waals surface area contributed by atoms with Crippen molar-refractivity contribution < 1.29 is 4.68 Å². The topological polar surface area (TPSA) is 16.8 Å². The molecule has 1 heterocycles. The van der Waals surface area contributed by atoms with E-state index in [9.17, 15) is 0 Å². The molecule has 0 amide bonds. The van der Waals surface area contributed by atoms with Gasteiger partial charge in [0, 0.05) is 12.5 Å². The van der Waals surface area contributed by atoms with Crippen LogP contribution in [0.1, 0.15) is 32.6 Å². The van der Waals surface area contributed by atoms with E-state index in [2.05, 4.69) is 12.0 Å². The van der Waals surface area contributed by atoms with Gasteiger partial charge in [-0.2, -0.15) is 0 Å². The van der Waals surface area contributed by atoms with Crippen molar-refractivity contribution in [2.24, 2.45) is 0 Å². The third kappa shape index (κ3) is 3.46. The number of rotatable bonds is 5. The maximum atomic E-state index is 4.19. The monoisotopic (exact) mass is 165 g/mol. The molecule has 0 fully saturated rings. The summed E-state index contributed by atoms with van der Waals surface area (Å²) in [6.45, 7) is 3.29. The first-order valence-electron chi connectivity index (χ1n) is 4.74. The van der Waals surface area contributed by atoms with Crippen LogP contribution >= 0.6 is 0 Å². The van der Waals surface area contributed by atoms with E-state index in [4.69, 9.17) is 0 Å². The van der Waals surface area contributed by atoms with Crippen LogP contribution in [0.3, 0.4) is 0 Å². The molecule has 0 aliphatic rings. The first kappa shape index (κ1) is 9.17. The summed E-state index contributed by atoms with van der Waals surface area (Å²) in [7, 11) is 0. The van der Waals surface area contributed by atoms with Crippen LogP contribution in [0, 0.1) is 0 Å². The fourth-order valence-electron chi connectivity index (χ4n) is 1.19. The summed E-state index contributed by atoms with van der Waals surface area (Å²) in [5.74, 6) is 0. The lowest BCUT2D eigenvalue weighted by Crippen LogP contribution is -2.36. The lowest BCUT2D eigenvalue weighted by Gasteiger charge is -1.93. The molecule has 0 unspecified atom stereocenters. The van der Waals surface area contributed by atoms with Gasteiger partial charge in [-0.15, -0.1) is 0 Å². The molecule has 0 aliphatic heterocycles. The summed E-state index contributed by atoms with van der Waals surface area (Å²) in [5, 5.41) is 4.19. The summed E-state index contributed by atoms with van der Waals surface area (Å²) < 4.78 is 2.00. The van der Waals surface area contributed by atoms with Crippen LogP contribution in [0.4, 0.5) is 0 Å². The van der Waals surface area contributed by atoms with Gasteiger partial charge in [-0.1, -0.05) is 24.4 Å². The molecule has 0 N–H and O–H groups in total. The highest BCUT2D eigenvalue weighted by molar-refractivity contribution is 4.76. The van der Waals surface area contributed by atoms with Gasteiger partial charge in [-0.05, 0) is 17.6 Å². The molecular formula is C10H17N2+. The molecule has 12 heavy (non-hydrogen) atoms. The van der Waals surface area contributed by atoms with Crippen molar-refractivity contribution in [1.82, 2.24) is 5.10 Å². The van der Waals surface area contributed by atoms with E-state index in [-0.39, 0.29) is 0 Å². The molecule has 0 aliphatic carbocycles. The molecule has 0 aromatic carbocycles. The third-order valence-electron chi connectivity index (χ3n) is 1.91. The van der Waals surface area contributed by atoms with Gasteiger partial charge in [0.2, 0.25) is 0 Å². The molecule has 0 radical (unpaired) electrons. The second-order valence-electron chi connectivity index (χ2n) is 3.02. The van der Waals surface area contributed by atoms with Gasteiger partial charge in [-0.3, -0.25) is 0 Å². The Labute approximate surface area is 74.2 Å². The van der Waals surface area contributed by atoms with Crippen molar-refractivity contribution in [2.45, 2.75) is 39.2 Å². The molecule has 1 rings (SSSR count). The Balaban J connectivity index is 2.16. The molecule has 0 saturated carbocycles. The molecular weight excluding hydrogens is 148 g/mol. The predicted octanol–water partition coefficient (Wildman–Crippen LogP) is 1.95. The van der Waals surface area contributed by atoms with Crippen molar-refractivity contribution >= 4 is 0 Å². The molecule has 0 saturated heterocycles. The minimum atomic E-state index is 1.06. The maximum absolute atomic E-state index is 4.19. The zero-order valence-electron chi connectivity index (χ0n) is 7.74. The van der Waals surface area contributed by atoms with Gasteiger partial charge < -0.3 is 0 Å². The van der Waals surface area contributed by atoms with Crippen LogP contribution in [0.25, 0.3) is 0 Å². The Morgan fingerprint density at radius 3 is 2.75 bits per heavy atom. The number of unbranched alkanes of at least 4 members (excludes halogenated alkanes) is 3. The van der Waals surface area contributed by atoms with Gasteiger partial charge in [0.15, 0.2) is 12.7 Å². The van der Waals surface area contributed by atoms with Crippen LogP contribution in [0.5, 0.6) is 0 Å². The highest BCUT2D eigenvalue weighted by Crippen LogP contribution is 1.97. The number of hydrogen-bond acceptors (Lipinski definition) is 1. The van der Waals surface area contributed by atoms with E-state index in [0.717, 1.165) is 6.54 Å². The number of aromatic nitrogens is 2. The lowest BCUT2D eigenvalue weighted by atomic mass is 10.2. The summed E-state index contributed by atoms with van der Waals surface area (Å²) in [6.07, 6.45) is 9.06.